The third kappa shape index (κ3) is 2.87. The molecule has 0 atom stereocenters. The van der Waals surface area contributed by atoms with Crippen LogP contribution in [0.4, 0.5) is 0 Å². The number of imide groups is 1. The molecule has 148 valence electrons. The summed E-state index contributed by atoms with van der Waals surface area (Å²) >= 11 is 1.25. The minimum Gasteiger partial charge on any atom is -0.497 e. The SMILES string of the molecule is COc1ccc2nc(C(=O)N3C(=O)c4ccccc4OC34CCNCC4)sc2c1. The molecule has 7 nitrogen and oxygen atoms in total. The smallest absolute Gasteiger partial charge is 0.292 e. The van der Waals surface area contributed by atoms with E-state index in [0.29, 0.717) is 48.5 Å². The van der Waals surface area contributed by atoms with Gasteiger partial charge in [0, 0.05) is 25.9 Å². The van der Waals surface area contributed by atoms with E-state index >= 15 is 0 Å². The predicted octanol–water partition coefficient (Wildman–Crippen LogP) is 3.06. The van der Waals surface area contributed by atoms with E-state index in [0.717, 1.165) is 4.70 Å². The van der Waals surface area contributed by atoms with Crippen LogP contribution in [0.15, 0.2) is 42.5 Å². The van der Waals surface area contributed by atoms with E-state index in [1.807, 2.05) is 18.2 Å². The fourth-order valence-corrected chi connectivity index (χ4v) is 4.85. The van der Waals surface area contributed by atoms with Gasteiger partial charge in [-0.05, 0) is 30.3 Å². The number of rotatable bonds is 2. The Labute approximate surface area is 171 Å². The van der Waals surface area contributed by atoms with Gasteiger partial charge in [-0.25, -0.2) is 9.88 Å². The van der Waals surface area contributed by atoms with E-state index in [2.05, 4.69) is 10.3 Å². The van der Waals surface area contributed by atoms with Crippen molar-refractivity contribution in [3.05, 3.63) is 53.0 Å². The van der Waals surface area contributed by atoms with Crippen LogP contribution in [-0.2, 0) is 0 Å². The van der Waals surface area contributed by atoms with Gasteiger partial charge in [0.25, 0.3) is 11.8 Å². The molecule has 5 rings (SSSR count). The van der Waals surface area contributed by atoms with E-state index < -0.39 is 11.6 Å². The predicted molar refractivity (Wildman–Crippen MR) is 109 cm³/mol. The third-order valence-electron chi connectivity index (χ3n) is 5.39. The Morgan fingerprint density at radius 1 is 1.24 bits per heavy atom. The number of benzene rings is 2. The highest BCUT2D eigenvalue weighted by molar-refractivity contribution is 7.20. The maximum Gasteiger partial charge on any atom is 0.292 e. The number of hydrogen-bond donors (Lipinski definition) is 1. The highest BCUT2D eigenvalue weighted by atomic mass is 32.1. The second-order valence-electron chi connectivity index (χ2n) is 7.09. The topological polar surface area (TPSA) is 80.8 Å². The van der Waals surface area contributed by atoms with E-state index in [1.165, 1.54) is 16.2 Å². The number of carbonyl (C=O) groups excluding carboxylic acids is 2. The van der Waals surface area contributed by atoms with E-state index in [4.69, 9.17) is 9.47 Å². The van der Waals surface area contributed by atoms with Crippen molar-refractivity contribution in [3.8, 4) is 11.5 Å². The van der Waals surface area contributed by atoms with Gasteiger partial charge in [-0.1, -0.05) is 12.1 Å². The standard InChI is InChI=1S/C21H19N3O4S/c1-27-13-6-7-15-17(12-13)29-18(23-15)20(26)24-19(25)14-4-2-3-5-16(14)28-21(24)8-10-22-11-9-21/h2-7,12,22H,8-11H2,1H3. The zero-order valence-electron chi connectivity index (χ0n) is 15.8. The summed E-state index contributed by atoms with van der Waals surface area (Å²) in [5, 5.41) is 3.54. The zero-order chi connectivity index (χ0) is 20.0. The number of methoxy groups -OCH3 is 1. The van der Waals surface area contributed by atoms with Crippen molar-refractivity contribution < 1.29 is 19.1 Å². The molecule has 1 fully saturated rings. The van der Waals surface area contributed by atoms with E-state index in [1.54, 1.807) is 31.4 Å². The van der Waals surface area contributed by atoms with E-state index in [-0.39, 0.29) is 10.9 Å². The molecule has 0 saturated carbocycles. The molecule has 1 spiro atoms. The van der Waals surface area contributed by atoms with E-state index in [9.17, 15) is 9.59 Å². The number of carbonyl (C=O) groups is 2. The molecule has 0 unspecified atom stereocenters. The maximum atomic E-state index is 13.5. The molecule has 3 heterocycles. The summed E-state index contributed by atoms with van der Waals surface area (Å²) in [5.41, 5.74) is 0.0978. The van der Waals surface area contributed by atoms with Crippen molar-refractivity contribution in [2.45, 2.75) is 18.6 Å². The normalized spacial score (nSPS) is 17.8. The number of amides is 2. The molecule has 0 bridgehead atoms. The average molecular weight is 409 g/mol. The number of nitrogens with zero attached hydrogens (tertiary/aromatic N) is 2. The quantitative estimate of drug-likeness (QED) is 0.656. The molecule has 2 aliphatic heterocycles. The molecule has 29 heavy (non-hydrogen) atoms. The van der Waals surface area contributed by atoms with Gasteiger partial charge in [0.1, 0.15) is 11.5 Å². The van der Waals surface area contributed by atoms with Gasteiger partial charge in [-0.3, -0.25) is 9.59 Å². The maximum absolute atomic E-state index is 13.5. The average Bonchev–Trinajstić information content (AvgIpc) is 3.17. The number of piperidine rings is 1. The minimum absolute atomic E-state index is 0.266. The first kappa shape index (κ1) is 18.1. The Balaban J connectivity index is 1.60. The molecule has 2 aromatic carbocycles. The van der Waals surface area contributed by atoms with Crippen molar-refractivity contribution in [1.29, 1.82) is 0 Å². The highest BCUT2D eigenvalue weighted by Gasteiger charge is 2.51. The van der Waals surface area contributed by atoms with Crippen LogP contribution >= 0.6 is 11.3 Å². The van der Waals surface area contributed by atoms with Crippen LogP contribution < -0.4 is 14.8 Å². The Kier molecular flexibility index (Phi) is 4.25. The fourth-order valence-electron chi connectivity index (χ4n) is 3.93. The Morgan fingerprint density at radius 2 is 2.03 bits per heavy atom. The van der Waals surface area contributed by atoms with Crippen LogP contribution in [-0.4, -0.2) is 47.6 Å². The van der Waals surface area contributed by atoms with Crippen LogP contribution in [0.25, 0.3) is 10.2 Å². The van der Waals surface area contributed by atoms with Gasteiger partial charge in [-0.15, -0.1) is 11.3 Å². The molecule has 8 heteroatoms. The minimum atomic E-state index is -0.997. The lowest BCUT2D eigenvalue weighted by Crippen LogP contribution is -2.64. The second kappa shape index (κ2) is 6.82. The summed E-state index contributed by atoms with van der Waals surface area (Å²) < 4.78 is 12.4. The summed E-state index contributed by atoms with van der Waals surface area (Å²) in [6, 6.07) is 12.5. The molecule has 0 aliphatic carbocycles. The van der Waals surface area contributed by atoms with Crippen molar-refractivity contribution >= 4 is 33.4 Å². The van der Waals surface area contributed by atoms with Crippen molar-refractivity contribution in [1.82, 2.24) is 15.2 Å². The van der Waals surface area contributed by atoms with Gasteiger partial charge in [0.15, 0.2) is 10.7 Å². The summed E-state index contributed by atoms with van der Waals surface area (Å²) in [4.78, 5) is 32.7. The van der Waals surface area contributed by atoms with Crippen LogP contribution in [0, 0.1) is 0 Å². The zero-order valence-corrected chi connectivity index (χ0v) is 16.6. The van der Waals surface area contributed by atoms with Gasteiger partial charge in [0.2, 0.25) is 0 Å². The molecular formula is C21H19N3O4S. The summed E-state index contributed by atoms with van der Waals surface area (Å²) in [5.74, 6) is 0.459. The van der Waals surface area contributed by atoms with Gasteiger partial charge in [-0.2, -0.15) is 0 Å². The van der Waals surface area contributed by atoms with Gasteiger partial charge in [0.05, 0.1) is 22.9 Å². The van der Waals surface area contributed by atoms with Crippen LogP contribution in [0.3, 0.4) is 0 Å². The van der Waals surface area contributed by atoms with Gasteiger partial charge >= 0.3 is 0 Å². The molecule has 2 amide bonds. The first-order chi connectivity index (χ1) is 14.1. The number of para-hydroxylation sites is 1. The fraction of sp³-hybridized carbons (Fsp3) is 0.286. The number of aromatic nitrogens is 1. The number of ether oxygens (including phenoxy) is 2. The highest BCUT2D eigenvalue weighted by Crippen LogP contribution is 2.40. The van der Waals surface area contributed by atoms with Crippen molar-refractivity contribution in [2.24, 2.45) is 0 Å². The number of thiazole rings is 1. The van der Waals surface area contributed by atoms with Crippen molar-refractivity contribution in [2.75, 3.05) is 20.2 Å². The van der Waals surface area contributed by atoms with Crippen LogP contribution in [0.2, 0.25) is 0 Å². The Morgan fingerprint density at radius 3 is 2.83 bits per heavy atom. The Bertz CT molecular complexity index is 1120. The second-order valence-corrected chi connectivity index (χ2v) is 8.12. The lowest BCUT2D eigenvalue weighted by Gasteiger charge is -2.47. The summed E-state index contributed by atoms with van der Waals surface area (Å²) in [6.45, 7) is 1.33. The van der Waals surface area contributed by atoms with Crippen LogP contribution in [0.1, 0.15) is 33.0 Å². The molecule has 1 N–H and O–H groups in total. The molecule has 3 aromatic rings. The van der Waals surface area contributed by atoms with Gasteiger partial charge < -0.3 is 14.8 Å². The summed E-state index contributed by atoms with van der Waals surface area (Å²) in [7, 11) is 1.59. The first-order valence-electron chi connectivity index (χ1n) is 9.43. The number of hydrogen-bond acceptors (Lipinski definition) is 7. The van der Waals surface area contributed by atoms with Crippen molar-refractivity contribution in [3.63, 3.8) is 0 Å². The lowest BCUT2D eigenvalue weighted by atomic mass is 9.95. The molecular weight excluding hydrogens is 390 g/mol. The molecule has 2 aliphatic rings. The number of fused-ring (bicyclic) bond motifs is 2. The monoisotopic (exact) mass is 409 g/mol. The largest absolute Gasteiger partial charge is 0.497 e. The van der Waals surface area contributed by atoms with Crippen LogP contribution in [0.5, 0.6) is 11.5 Å². The lowest BCUT2D eigenvalue weighted by molar-refractivity contribution is -0.0776. The third-order valence-corrected chi connectivity index (χ3v) is 6.40. The molecule has 1 saturated heterocycles. The molecule has 1 aromatic heterocycles. The number of nitrogens with one attached hydrogen (secondary N) is 1. The Hall–Kier alpha value is -2.97. The first-order valence-corrected chi connectivity index (χ1v) is 10.3. The molecule has 0 radical (unpaired) electrons. The summed E-state index contributed by atoms with van der Waals surface area (Å²) in [6.07, 6.45) is 1.05.